The molecule has 20 heavy (non-hydrogen) atoms. The fraction of sp³-hybridized carbons (Fsp3) is 0.500. The Balaban J connectivity index is 0.00000172. The zero-order valence-corrected chi connectivity index (χ0v) is 13.1. The molecular weight excluding hydrogens is 254 g/mol. The van der Waals surface area contributed by atoms with Crippen molar-refractivity contribution in [2.75, 3.05) is 20.3 Å². The number of hydrogen-bond donors (Lipinski definition) is 0. The Bertz CT molecular complexity index is 399. The Labute approximate surface area is 121 Å². The van der Waals surface area contributed by atoms with Crippen LogP contribution in [0.25, 0.3) is 0 Å². The van der Waals surface area contributed by atoms with E-state index in [2.05, 4.69) is 4.99 Å². The van der Waals surface area contributed by atoms with Gasteiger partial charge in [0.25, 0.3) is 0 Å². The van der Waals surface area contributed by atoms with Crippen LogP contribution >= 0.6 is 0 Å². The molecule has 0 aromatic heterocycles. The third-order valence-electron chi connectivity index (χ3n) is 2.34. The van der Waals surface area contributed by atoms with Gasteiger partial charge in [-0.2, -0.15) is 4.99 Å². The number of benzene rings is 1. The van der Waals surface area contributed by atoms with Crippen LogP contribution in [0.1, 0.15) is 33.3 Å². The Kier molecular flexibility index (Phi) is 10.2. The molecule has 0 saturated carbocycles. The van der Waals surface area contributed by atoms with Crippen LogP contribution in [-0.4, -0.2) is 32.1 Å². The molecule has 0 radical (unpaired) electrons. The average molecular weight is 279 g/mol. The highest BCUT2D eigenvalue weighted by atomic mass is 16.6. The van der Waals surface area contributed by atoms with E-state index >= 15 is 0 Å². The van der Waals surface area contributed by atoms with E-state index in [9.17, 15) is 4.79 Å². The fourth-order valence-corrected chi connectivity index (χ4v) is 1.48. The molecule has 0 N–H and O–H groups in total. The molecule has 0 fully saturated rings. The molecule has 0 spiro atoms. The minimum atomic E-state index is -0.570. The van der Waals surface area contributed by atoms with Crippen molar-refractivity contribution < 1.29 is 14.3 Å². The summed E-state index contributed by atoms with van der Waals surface area (Å²) >= 11 is 0. The Morgan fingerprint density at radius 3 is 2.25 bits per heavy atom. The summed E-state index contributed by atoms with van der Waals surface area (Å²) in [6.07, 6.45) is -0.570. The number of amides is 1. The summed E-state index contributed by atoms with van der Waals surface area (Å²) in [7, 11) is 1.56. The van der Waals surface area contributed by atoms with E-state index in [-0.39, 0.29) is 12.5 Å². The zero-order valence-electron chi connectivity index (χ0n) is 13.1. The molecule has 4 heteroatoms. The highest BCUT2D eigenvalue weighted by Gasteiger charge is 2.11. The third kappa shape index (κ3) is 7.04. The molecule has 1 aromatic carbocycles. The third-order valence-corrected chi connectivity index (χ3v) is 2.34. The first-order valence-electron chi connectivity index (χ1n) is 6.95. The Morgan fingerprint density at radius 2 is 1.75 bits per heavy atom. The van der Waals surface area contributed by atoms with Gasteiger partial charge in [-0.05, 0) is 11.5 Å². The van der Waals surface area contributed by atoms with Crippen LogP contribution in [0.4, 0.5) is 4.79 Å². The molecule has 0 aliphatic heterocycles. The molecule has 0 aliphatic rings. The van der Waals surface area contributed by atoms with Gasteiger partial charge in [-0.3, -0.25) is 0 Å². The quantitative estimate of drug-likeness (QED) is 0.606. The maximum Gasteiger partial charge on any atom is 0.433 e. The standard InChI is InChI=1S/C14H19NO3.C2H6/c1-11(2)13(12-7-5-4-6-8-12)15-14(16)18-10-9-17-3;1-2/h4-8,11H,9-10H2,1-3H3;1-2H3/b15-13-;. The molecule has 0 atom stereocenters. The van der Waals surface area contributed by atoms with Crippen molar-refractivity contribution in [3.05, 3.63) is 35.9 Å². The number of methoxy groups -OCH3 is 1. The second kappa shape index (κ2) is 11.2. The van der Waals surface area contributed by atoms with Crippen LogP contribution in [0.5, 0.6) is 0 Å². The second-order valence-electron chi connectivity index (χ2n) is 4.12. The van der Waals surface area contributed by atoms with Crippen molar-refractivity contribution in [1.82, 2.24) is 0 Å². The van der Waals surface area contributed by atoms with Gasteiger partial charge < -0.3 is 9.47 Å². The molecule has 0 heterocycles. The van der Waals surface area contributed by atoms with Crippen molar-refractivity contribution in [2.45, 2.75) is 27.7 Å². The largest absolute Gasteiger partial charge is 0.445 e. The summed E-state index contributed by atoms with van der Waals surface area (Å²) in [4.78, 5) is 15.6. The number of rotatable bonds is 5. The lowest BCUT2D eigenvalue weighted by molar-refractivity contribution is 0.105. The average Bonchev–Trinajstić information content (AvgIpc) is 2.48. The van der Waals surface area contributed by atoms with E-state index in [1.165, 1.54) is 0 Å². The van der Waals surface area contributed by atoms with Crippen molar-refractivity contribution in [3.63, 3.8) is 0 Å². The minimum absolute atomic E-state index is 0.155. The van der Waals surface area contributed by atoms with Gasteiger partial charge in [0.1, 0.15) is 6.61 Å². The van der Waals surface area contributed by atoms with Gasteiger partial charge in [0.05, 0.1) is 12.3 Å². The SMILES string of the molecule is CC.COCCOC(=O)/N=C(\c1ccccc1)C(C)C. The first-order valence-corrected chi connectivity index (χ1v) is 6.95. The van der Waals surface area contributed by atoms with Crippen LogP contribution < -0.4 is 0 Å². The molecule has 4 nitrogen and oxygen atoms in total. The lowest BCUT2D eigenvalue weighted by Crippen LogP contribution is -2.14. The molecule has 1 amide bonds. The molecular formula is C16H25NO3. The summed E-state index contributed by atoms with van der Waals surface area (Å²) in [5, 5.41) is 0. The van der Waals surface area contributed by atoms with Gasteiger partial charge in [-0.15, -0.1) is 0 Å². The van der Waals surface area contributed by atoms with Gasteiger partial charge in [0.15, 0.2) is 0 Å². The van der Waals surface area contributed by atoms with E-state index in [1.54, 1.807) is 7.11 Å². The molecule has 0 unspecified atom stereocenters. The fourth-order valence-electron chi connectivity index (χ4n) is 1.48. The predicted octanol–water partition coefficient (Wildman–Crippen LogP) is 3.94. The molecule has 0 aliphatic carbocycles. The van der Waals surface area contributed by atoms with Gasteiger partial charge in [0.2, 0.25) is 0 Å². The number of ether oxygens (including phenoxy) is 2. The minimum Gasteiger partial charge on any atom is -0.445 e. The maximum atomic E-state index is 11.5. The lowest BCUT2D eigenvalue weighted by atomic mass is 10.0. The van der Waals surface area contributed by atoms with Crippen LogP contribution in [0.3, 0.4) is 0 Å². The van der Waals surface area contributed by atoms with Crippen LogP contribution in [0.2, 0.25) is 0 Å². The zero-order chi connectivity index (χ0) is 15.4. The van der Waals surface area contributed by atoms with E-state index in [0.717, 1.165) is 11.3 Å². The van der Waals surface area contributed by atoms with Crippen LogP contribution in [-0.2, 0) is 9.47 Å². The Hall–Kier alpha value is -1.68. The van der Waals surface area contributed by atoms with Crippen molar-refractivity contribution in [1.29, 1.82) is 0 Å². The van der Waals surface area contributed by atoms with E-state index < -0.39 is 6.09 Å². The van der Waals surface area contributed by atoms with Crippen LogP contribution in [0.15, 0.2) is 35.3 Å². The van der Waals surface area contributed by atoms with Gasteiger partial charge in [-0.1, -0.05) is 58.0 Å². The first-order chi connectivity index (χ1) is 9.65. The van der Waals surface area contributed by atoms with Crippen molar-refractivity contribution in [2.24, 2.45) is 10.9 Å². The number of aliphatic imine (C=N–C) groups is 1. The smallest absolute Gasteiger partial charge is 0.433 e. The number of carbonyl (C=O) groups is 1. The molecule has 0 bridgehead atoms. The van der Waals surface area contributed by atoms with E-state index in [1.807, 2.05) is 58.0 Å². The summed E-state index contributed by atoms with van der Waals surface area (Å²) < 4.78 is 9.74. The first kappa shape index (κ1) is 18.3. The van der Waals surface area contributed by atoms with Crippen LogP contribution in [0, 0.1) is 5.92 Å². The lowest BCUT2D eigenvalue weighted by Gasteiger charge is -2.10. The van der Waals surface area contributed by atoms with Gasteiger partial charge >= 0.3 is 6.09 Å². The highest BCUT2D eigenvalue weighted by Crippen LogP contribution is 2.10. The predicted molar refractivity (Wildman–Crippen MR) is 82.4 cm³/mol. The van der Waals surface area contributed by atoms with Crippen molar-refractivity contribution in [3.8, 4) is 0 Å². The van der Waals surface area contributed by atoms with Gasteiger partial charge in [-0.25, -0.2) is 4.79 Å². The Morgan fingerprint density at radius 1 is 1.15 bits per heavy atom. The van der Waals surface area contributed by atoms with Gasteiger partial charge in [0, 0.05) is 7.11 Å². The summed E-state index contributed by atoms with van der Waals surface area (Å²) in [6, 6.07) is 9.63. The number of carbonyl (C=O) groups excluding carboxylic acids is 1. The molecule has 0 saturated heterocycles. The number of nitrogens with zero attached hydrogens (tertiary/aromatic N) is 1. The maximum absolute atomic E-state index is 11.5. The number of hydrogen-bond acceptors (Lipinski definition) is 3. The molecule has 1 rings (SSSR count). The summed E-state index contributed by atoms with van der Waals surface area (Å²) in [6.45, 7) is 8.59. The normalized spacial score (nSPS) is 10.8. The second-order valence-corrected chi connectivity index (χ2v) is 4.12. The summed E-state index contributed by atoms with van der Waals surface area (Å²) in [5.74, 6) is 0.155. The summed E-state index contributed by atoms with van der Waals surface area (Å²) in [5.41, 5.74) is 1.68. The topological polar surface area (TPSA) is 47.9 Å². The molecule has 112 valence electrons. The van der Waals surface area contributed by atoms with Crippen molar-refractivity contribution >= 4 is 11.8 Å². The van der Waals surface area contributed by atoms with E-state index in [0.29, 0.717) is 6.61 Å². The highest BCUT2D eigenvalue weighted by molar-refractivity contribution is 6.06. The van der Waals surface area contributed by atoms with E-state index in [4.69, 9.17) is 9.47 Å². The monoisotopic (exact) mass is 279 g/mol. The molecule has 1 aromatic rings.